The Balaban J connectivity index is 2.69. The molecule has 2 amide bonds. The molecular weight excluding hydrogens is 220 g/mol. The third-order valence-corrected chi connectivity index (χ3v) is 2.04. The van der Waals surface area contributed by atoms with Crippen molar-refractivity contribution < 1.29 is 14.3 Å². The summed E-state index contributed by atoms with van der Waals surface area (Å²) in [6.45, 7) is 0. The molecule has 0 fully saturated rings. The molecule has 1 aromatic rings. The summed E-state index contributed by atoms with van der Waals surface area (Å²) >= 11 is 0.918. The van der Waals surface area contributed by atoms with Gasteiger partial charge in [0, 0.05) is 25.6 Å². The lowest BCUT2D eigenvalue weighted by atomic mass is 10.6. The number of anilines is 1. The fraction of sp³-hybridized carbons (Fsp3) is 0.429. The molecule has 7 nitrogen and oxygen atoms in total. The Hall–Kier alpha value is -1.70. The van der Waals surface area contributed by atoms with Gasteiger partial charge in [-0.05, 0) is 0 Å². The summed E-state index contributed by atoms with van der Waals surface area (Å²) in [5.41, 5.74) is 0. The molecular formula is C7H10N4O3S. The zero-order valence-electron chi connectivity index (χ0n) is 8.47. The smallest absolute Gasteiger partial charge is 0.377 e. The molecule has 0 atom stereocenters. The number of nitrogens with one attached hydrogen (secondary N) is 1. The number of esters is 1. The van der Waals surface area contributed by atoms with Crippen molar-refractivity contribution in [3.63, 3.8) is 0 Å². The van der Waals surface area contributed by atoms with Gasteiger partial charge in [-0.3, -0.25) is 5.32 Å². The molecule has 1 heterocycles. The van der Waals surface area contributed by atoms with Crippen LogP contribution in [0.4, 0.5) is 9.93 Å². The summed E-state index contributed by atoms with van der Waals surface area (Å²) in [5, 5.41) is 2.72. The number of urea groups is 1. The van der Waals surface area contributed by atoms with E-state index in [2.05, 4.69) is 19.4 Å². The van der Waals surface area contributed by atoms with E-state index in [1.807, 2.05) is 0 Å². The van der Waals surface area contributed by atoms with Crippen molar-refractivity contribution in [2.24, 2.45) is 0 Å². The second-order valence-corrected chi connectivity index (χ2v) is 3.49. The van der Waals surface area contributed by atoms with Crippen LogP contribution in [-0.2, 0) is 4.74 Å². The number of methoxy groups -OCH3 is 1. The summed E-state index contributed by atoms with van der Waals surface area (Å²) in [4.78, 5) is 27.3. The topological polar surface area (TPSA) is 84.4 Å². The van der Waals surface area contributed by atoms with Gasteiger partial charge in [0.15, 0.2) is 0 Å². The van der Waals surface area contributed by atoms with E-state index in [0.717, 1.165) is 11.5 Å². The van der Waals surface area contributed by atoms with Crippen molar-refractivity contribution in [2.75, 3.05) is 26.5 Å². The lowest BCUT2D eigenvalue weighted by Gasteiger charge is -2.08. The van der Waals surface area contributed by atoms with Gasteiger partial charge >= 0.3 is 12.0 Å². The van der Waals surface area contributed by atoms with E-state index in [9.17, 15) is 9.59 Å². The normalized spacial score (nSPS) is 9.53. The van der Waals surface area contributed by atoms with Gasteiger partial charge in [0.25, 0.3) is 5.82 Å². The van der Waals surface area contributed by atoms with E-state index in [1.165, 1.54) is 12.0 Å². The van der Waals surface area contributed by atoms with Gasteiger partial charge in [0.2, 0.25) is 5.13 Å². The minimum atomic E-state index is -0.628. The summed E-state index contributed by atoms with van der Waals surface area (Å²) in [7, 11) is 4.43. The molecule has 0 aliphatic carbocycles. The van der Waals surface area contributed by atoms with Crippen LogP contribution in [-0.4, -0.2) is 47.5 Å². The van der Waals surface area contributed by atoms with E-state index in [-0.39, 0.29) is 17.0 Å². The molecule has 0 radical (unpaired) electrons. The number of aromatic nitrogens is 2. The van der Waals surface area contributed by atoms with Crippen LogP contribution in [0.5, 0.6) is 0 Å². The first-order valence-electron chi connectivity index (χ1n) is 3.95. The highest BCUT2D eigenvalue weighted by Gasteiger charge is 2.14. The molecule has 0 bridgehead atoms. The zero-order chi connectivity index (χ0) is 11.4. The lowest BCUT2D eigenvalue weighted by Crippen LogP contribution is -2.27. The molecule has 82 valence electrons. The van der Waals surface area contributed by atoms with Gasteiger partial charge in [0.1, 0.15) is 0 Å². The Labute approximate surface area is 90.2 Å². The molecule has 0 aromatic carbocycles. The van der Waals surface area contributed by atoms with Gasteiger partial charge in [-0.2, -0.15) is 9.36 Å². The third kappa shape index (κ3) is 2.88. The Morgan fingerprint density at radius 3 is 2.67 bits per heavy atom. The van der Waals surface area contributed by atoms with Gasteiger partial charge in [-0.25, -0.2) is 9.59 Å². The highest BCUT2D eigenvalue weighted by atomic mass is 32.1. The fourth-order valence-electron chi connectivity index (χ4n) is 0.652. The maximum Gasteiger partial charge on any atom is 0.377 e. The number of nitrogens with zero attached hydrogens (tertiary/aromatic N) is 3. The largest absolute Gasteiger partial charge is 0.463 e. The monoisotopic (exact) mass is 230 g/mol. The minimum absolute atomic E-state index is 0.0587. The number of hydrogen-bond donors (Lipinski definition) is 1. The Kier molecular flexibility index (Phi) is 3.56. The fourth-order valence-corrected chi connectivity index (χ4v) is 1.20. The maximum atomic E-state index is 11.2. The third-order valence-electron chi connectivity index (χ3n) is 1.41. The van der Waals surface area contributed by atoms with Gasteiger partial charge < -0.3 is 9.64 Å². The van der Waals surface area contributed by atoms with E-state index >= 15 is 0 Å². The number of rotatable bonds is 2. The highest BCUT2D eigenvalue weighted by molar-refractivity contribution is 7.10. The van der Waals surface area contributed by atoms with Crippen molar-refractivity contribution in [1.29, 1.82) is 0 Å². The van der Waals surface area contributed by atoms with Crippen molar-refractivity contribution in [1.82, 2.24) is 14.3 Å². The van der Waals surface area contributed by atoms with Crippen LogP contribution in [0.15, 0.2) is 0 Å². The average molecular weight is 230 g/mol. The van der Waals surface area contributed by atoms with E-state index in [4.69, 9.17) is 0 Å². The van der Waals surface area contributed by atoms with E-state index in [0.29, 0.717) is 0 Å². The Morgan fingerprint density at radius 1 is 1.47 bits per heavy atom. The molecule has 8 heteroatoms. The summed E-state index contributed by atoms with van der Waals surface area (Å²) < 4.78 is 8.14. The molecule has 0 aliphatic rings. The highest BCUT2D eigenvalue weighted by Crippen LogP contribution is 2.11. The van der Waals surface area contributed by atoms with Crippen LogP contribution in [0.1, 0.15) is 10.6 Å². The first-order chi connectivity index (χ1) is 7.04. The molecule has 0 aliphatic heterocycles. The van der Waals surface area contributed by atoms with Gasteiger partial charge in [-0.1, -0.05) is 0 Å². The lowest BCUT2D eigenvalue weighted by molar-refractivity contribution is 0.0588. The molecule has 1 aromatic heterocycles. The minimum Gasteiger partial charge on any atom is -0.463 e. The van der Waals surface area contributed by atoms with Crippen LogP contribution < -0.4 is 5.32 Å². The number of carbonyl (C=O) groups is 2. The predicted molar refractivity (Wildman–Crippen MR) is 54.0 cm³/mol. The standard InChI is InChI=1S/C7H10N4O3S/c1-11(2)7(13)9-6-8-4(10-15-6)5(12)14-3/h1-3H3,(H,8,9,10,13). The number of carbonyl (C=O) groups excluding carboxylic acids is 2. The number of amides is 2. The quantitative estimate of drug-likeness (QED) is 0.744. The number of hydrogen-bond acceptors (Lipinski definition) is 6. The SMILES string of the molecule is COC(=O)c1nsc(NC(=O)N(C)C)n1. The molecule has 0 spiro atoms. The van der Waals surface area contributed by atoms with E-state index in [1.54, 1.807) is 14.1 Å². The number of ether oxygens (including phenoxy) is 1. The second-order valence-electron chi connectivity index (χ2n) is 2.74. The Morgan fingerprint density at radius 2 is 2.13 bits per heavy atom. The summed E-state index contributed by atoms with van der Waals surface area (Å²) in [6.07, 6.45) is 0. The summed E-state index contributed by atoms with van der Waals surface area (Å²) in [5.74, 6) is -0.687. The molecule has 15 heavy (non-hydrogen) atoms. The Bertz CT molecular complexity index is 376. The average Bonchev–Trinajstić information content (AvgIpc) is 2.65. The van der Waals surface area contributed by atoms with Crippen LogP contribution in [0, 0.1) is 0 Å². The molecule has 0 unspecified atom stereocenters. The van der Waals surface area contributed by atoms with Gasteiger partial charge in [-0.15, -0.1) is 0 Å². The molecule has 0 saturated carbocycles. The summed E-state index contributed by atoms with van der Waals surface area (Å²) in [6, 6.07) is -0.331. The van der Waals surface area contributed by atoms with Crippen LogP contribution in [0.3, 0.4) is 0 Å². The van der Waals surface area contributed by atoms with Crippen molar-refractivity contribution in [3.8, 4) is 0 Å². The van der Waals surface area contributed by atoms with Crippen molar-refractivity contribution in [2.45, 2.75) is 0 Å². The van der Waals surface area contributed by atoms with Gasteiger partial charge in [0.05, 0.1) is 7.11 Å². The first-order valence-corrected chi connectivity index (χ1v) is 4.72. The molecule has 1 N–H and O–H groups in total. The molecule has 0 saturated heterocycles. The van der Waals surface area contributed by atoms with Crippen molar-refractivity contribution in [3.05, 3.63) is 5.82 Å². The zero-order valence-corrected chi connectivity index (χ0v) is 9.29. The van der Waals surface area contributed by atoms with Crippen LogP contribution in [0.2, 0.25) is 0 Å². The van der Waals surface area contributed by atoms with Crippen LogP contribution >= 0.6 is 11.5 Å². The van der Waals surface area contributed by atoms with Crippen molar-refractivity contribution >= 4 is 28.7 Å². The second kappa shape index (κ2) is 4.69. The first kappa shape index (κ1) is 11.4. The van der Waals surface area contributed by atoms with E-state index < -0.39 is 5.97 Å². The maximum absolute atomic E-state index is 11.2. The predicted octanol–water partition coefficient (Wildman–Crippen LogP) is 0.418. The molecule has 1 rings (SSSR count). The van der Waals surface area contributed by atoms with Crippen LogP contribution in [0.25, 0.3) is 0 Å².